The second kappa shape index (κ2) is 70.3. The smallest absolute Gasteiger partial charge is 0.306 e. The van der Waals surface area contributed by atoms with E-state index in [0.717, 1.165) is 128 Å². The first-order valence-corrected chi connectivity index (χ1v) is 35.0. The van der Waals surface area contributed by atoms with Crippen molar-refractivity contribution in [1.82, 2.24) is 0 Å². The van der Waals surface area contributed by atoms with E-state index >= 15 is 0 Å². The molecule has 0 bridgehead atoms. The molecule has 6 nitrogen and oxygen atoms in total. The van der Waals surface area contributed by atoms with E-state index in [1.807, 2.05) is 0 Å². The first kappa shape index (κ1) is 78.8. The van der Waals surface area contributed by atoms with Crippen molar-refractivity contribution in [2.24, 2.45) is 0 Å². The fourth-order valence-electron chi connectivity index (χ4n) is 9.79. The number of hydrogen-bond acceptors (Lipinski definition) is 6. The molecule has 474 valence electrons. The van der Waals surface area contributed by atoms with Gasteiger partial charge in [0.2, 0.25) is 0 Å². The van der Waals surface area contributed by atoms with Crippen LogP contribution in [0.2, 0.25) is 0 Å². The summed E-state index contributed by atoms with van der Waals surface area (Å²) in [5.41, 5.74) is 0. The van der Waals surface area contributed by atoms with Crippen molar-refractivity contribution in [3.05, 3.63) is 122 Å². The first-order chi connectivity index (χ1) is 41.0. The van der Waals surface area contributed by atoms with Crippen molar-refractivity contribution in [2.75, 3.05) is 13.2 Å². The van der Waals surface area contributed by atoms with Crippen LogP contribution in [0.3, 0.4) is 0 Å². The number of hydrogen-bond donors (Lipinski definition) is 0. The lowest BCUT2D eigenvalue weighted by Crippen LogP contribution is -2.30. The minimum absolute atomic E-state index is 0.0809. The second-order valence-electron chi connectivity index (χ2n) is 23.0. The molecule has 0 aromatic rings. The van der Waals surface area contributed by atoms with Gasteiger partial charge < -0.3 is 14.2 Å². The highest BCUT2D eigenvalue weighted by molar-refractivity contribution is 5.71. The summed E-state index contributed by atoms with van der Waals surface area (Å²) >= 11 is 0. The zero-order chi connectivity index (χ0) is 59.9. The number of carbonyl (C=O) groups excluding carboxylic acids is 3. The van der Waals surface area contributed by atoms with Gasteiger partial charge in [-0.3, -0.25) is 14.4 Å². The fraction of sp³-hybridized carbons (Fsp3) is 0.701. The number of rotatable bonds is 63. The average Bonchev–Trinajstić information content (AvgIpc) is 3.49. The van der Waals surface area contributed by atoms with Crippen molar-refractivity contribution in [3.8, 4) is 0 Å². The molecule has 1 atom stereocenters. The Kier molecular flexibility index (Phi) is 66.7. The van der Waals surface area contributed by atoms with Crippen LogP contribution in [0.4, 0.5) is 0 Å². The van der Waals surface area contributed by atoms with Gasteiger partial charge >= 0.3 is 17.9 Å². The van der Waals surface area contributed by atoms with Gasteiger partial charge in [-0.1, -0.05) is 322 Å². The summed E-state index contributed by atoms with van der Waals surface area (Å²) in [4.78, 5) is 38.5. The highest BCUT2D eigenvalue weighted by Crippen LogP contribution is 2.17. The Labute approximate surface area is 513 Å². The molecule has 0 aliphatic heterocycles. The first-order valence-electron chi connectivity index (χ1n) is 35.0. The SMILES string of the molecule is CC/C=C\C/C=C\C/C=C\C/C=C\C/C=C\C/C=C\CCCCCCCCCCC(=O)OCC(COC(=O)CCCCCCCCCCCCCCCCC)OC(=O)CCCCCCCCCCCC/C=C\C/C=C\C/C=C\C/C=C\CC. The lowest BCUT2D eigenvalue weighted by molar-refractivity contribution is -0.167. The molecule has 0 saturated carbocycles. The molecule has 0 radical (unpaired) electrons. The van der Waals surface area contributed by atoms with Gasteiger partial charge in [0, 0.05) is 19.3 Å². The summed E-state index contributed by atoms with van der Waals surface area (Å²) in [5, 5.41) is 0. The topological polar surface area (TPSA) is 78.9 Å². The fourth-order valence-corrected chi connectivity index (χ4v) is 9.79. The Balaban J connectivity index is 4.37. The van der Waals surface area contributed by atoms with Crippen molar-refractivity contribution >= 4 is 17.9 Å². The lowest BCUT2D eigenvalue weighted by atomic mass is 10.0. The van der Waals surface area contributed by atoms with Crippen LogP contribution in [0.25, 0.3) is 0 Å². The largest absolute Gasteiger partial charge is 0.462 e. The third kappa shape index (κ3) is 68.5. The Morgan fingerprint density at radius 2 is 0.470 bits per heavy atom. The predicted molar refractivity (Wildman–Crippen MR) is 362 cm³/mol. The van der Waals surface area contributed by atoms with Crippen LogP contribution in [0, 0.1) is 0 Å². The van der Waals surface area contributed by atoms with E-state index in [1.165, 1.54) is 161 Å². The molecule has 0 rings (SSSR count). The molecule has 0 saturated heterocycles. The van der Waals surface area contributed by atoms with E-state index < -0.39 is 6.10 Å². The number of ether oxygens (including phenoxy) is 3. The maximum Gasteiger partial charge on any atom is 0.306 e. The third-order valence-electron chi connectivity index (χ3n) is 15.0. The Morgan fingerprint density at radius 1 is 0.253 bits per heavy atom. The van der Waals surface area contributed by atoms with Gasteiger partial charge in [0.1, 0.15) is 13.2 Å². The molecular formula is C77H130O6. The van der Waals surface area contributed by atoms with Gasteiger partial charge in [0.05, 0.1) is 0 Å². The van der Waals surface area contributed by atoms with Crippen LogP contribution in [0.5, 0.6) is 0 Å². The molecule has 0 fully saturated rings. The Hall–Kier alpha value is -4.19. The summed E-state index contributed by atoms with van der Waals surface area (Å²) in [5.74, 6) is -0.881. The van der Waals surface area contributed by atoms with Crippen molar-refractivity contribution in [2.45, 2.75) is 335 Å². The summed E-state index contributed by atoms with van der Waals surface area (Å²) < 4.78 is 17.0. The van der Waals surface area contributed by atoms with Crippen LogP contribution >= 0.6 is 0 Å². The van der Waals surface area contributed by atoms with E-state index in [0.29, 0.717) is 19.3 Å². The van der Waals surface area contributed by atoms with E-state index in [4.69, 9.17) is 14.2 Å². The highest BCUT2D eigenvalue weighted by atomic mass is 16.6. The number of unbranched alkanes of at least 4 members (excludes halogenated alkanes) is 32. The molecule has 83 heavy (non-hydrogen) atoms. The predicted octanol–water partition coefficient (Wildman–Crippen LogP) is 24.3. The normalized spacial score (nSPS) is 12.9. The van der Waals surface area contributed by atoms with E-state index in [2.05, 4.69) is 142 Å². The van der Waals surface area contributed by atoms with Gasteiger partial charge in [-0.05, 0) is 109 Å². The molecule has 0 N–H and O–H groups in total. The highest BCUT2D eigenvalue weighted by Gasteiger charge is 2.19. The standard InChI is InChI=1S/C77H130O6/c1-4-7-10-13-16-19-22-25-28-30-32-34-36-37-38-39-41-42-44-46-49-52-55-58-61-64-67-70-76(79)82-73-74(72-81-75(78)69-66-63-60-57-54-51-48-27-24-21-18-15-12-9-6-3)83-77(80)71-68-65-62-59-56-53-50-47-45-43-40-35-33-31-29-26-23-20-17-14-11-8-5-2/h7-8,10-11,16-17,19-20,25-26,28-29,32-35,37-38,41-42,74H,4-6,9,12-15,18,21-24,27,30-31,36,39-40,43-73H2,1-3H3/b10-7-,11-8-,19-16-,20-17-,28-25-,29-26-,34-32-,35-33-,38-37-,42-41-. The molecule has 0 aliphatic rings. The Bertz CT molecular complexity index is 1700. The van der Waals surface area contributed by atoms with Crippen molar-refractivity contribution in [3.63, 3.8) is 0 Å². The summed E-state index contributed by atoms with van der Waals surface area (Å²) in [7, 11) is 0. The van der Waals surface area contributed by atoms with Gasteiger partial charge in [0.15, 0.2) is 6.10 Å². The number of carbonyl (C=O) groups is 3. The maximum absolute atomic E-state index is 13.0. The zero-order valence-corrected chi connectivity index (χ0v) is 54.4. The number of esters is 3. The molecule has 0 spiro atoms. The molecule has 6 heteroatoms. The summed E-state index contributed by atoms with van der Waals surface area (Å²) in [6.07, 6.45) is 97.8. The van der Waals surface area contributed by atoms with Gasteiger partial charge in [-0.2, -0.15) is 0 Å². The third-order valence-corrected chi connectivity index (χ3v) is 15.0. The molecule has 0 aromatic heterocycles. The van der Waals surface area contributed by atoms with E-state index in [-0.39, 0.29) is 31.1 Å². The summed E-state index contributed by atoms with van der Waals surface area (Å²) in [6, 6.07) is 0. The molecule has 1 unspecified atom stereocenters. The quantitative estimate of drug-likeness (QED) is 0.0261. The zero-order valence-electron chi connectivity index (χ0n) is 54.4. The lowest BCUT2D eigenvalue weighted by Gasteiger charge is -2.18. The van der Waals surface area contributed by atoms with Crippen LogP contribution in [-0.2, 0) is 28.6 Å². The molecule has 0 heterocycles. The van der Waals surface area contributed by atoms with E-state index in [1.54, 1.807) is 0 Å². The average molecular weight is 1150 g/mol. The minimum atomic E-state index is -0.787. The Morgan fingerprint density at radius 3 is 0.735 bits per heavy atom. The van der Waals surface area contributed by atoms with Gasteiger partial charge in [-0.25, -0.2) is 0 Å². The maximum atomic E-state index is 13.0. The molecule has 0 aliphatic carbocycles. The van der Waals surface area contributed by atoms with Gasteiger partial charge in [-0.15, -0.1) is 0 Å². The number of allylic oxidation sites excluding steroid dienone is 20. The van der Waals surface area contributed by atoms with E-state index in [9.17, 15) is 14.4 Å². The second-order valence-corrected chi connectivity index (χ2v) is 23.0. The molecule has 0 aromatic carbocycles. The summed E-state index contributed by atoms with van der Waals surface area (Å²) in [6.45, 7) is 6.44. The van der Waals surface area contributed by atoms with Crippen molar-refractivity contribution < 1.29 is 28.6 Å². The minimum Gasteiger partial charge on any atom is -0.462 e. The van der Waals surface area contributed by atoms with Gasteiger partial charge in [0.25, 0.3) is 0 Å². The molecular weight excluding hydrogens is 1020 g/mol. The van der Waals surface area contributed by atoms with Crippen LogP contribution < -0.4 is 0 Å². The molecule has 0 amide bonds. The van der Waals surface area contributed by atoms with Crippen LogP contribution in [-0.4, -0.2) is 37.2 Å². The van der Waals surface area contributed by atoms with Crippen LogP contribution in [0.1, 0.15) is 329 Å². The van der Waals surface area contributed by atoms with Crippen molar-refractivity contribution in [1.29, 1.82) is 0 Å². The monoisotopic (exact) mass is 1150 g/mol. The van der Waals surface area contributed by atoms with Crippen LogP contribution in [0.15, 0.2) is 122 Å².